The summed E-state index contributed by atoms with van der Waals surface area (Å²) in [6, 6.07) is 24.0. The van der Waals surface area contributed by atoms with Crippen molar-refractivity contribution in [2.24, 2.45) is 0 Å². The van der Waals surface area contributed by atoms with Crippen molar-refractivity contribution in [3.8, 4) is 22.4 Å². The zero-order valence-corrected chi connectivity index (χ0v) is 18.1. The maximum atomic E-state index is 6.09. The molecule has 2 aromatic carbocycles. The summed E-state index contributed by atoms with van der Waals surface area (Å²) in [5, 5.41) is 5.63. The maximum Gasteiger partial charge on any atom is 0.123 e. The summed E-state index contributed by atoms with van der Waals surface area (Å²) in [4.78, 5) is 5.62. The third-order valence-electron chi connectivity index (χ3n) is 4.55. The van der Waals surface area contributed by atoms with Crippen LogP contribution in [-0.2, 0) is 6.54 Å². The second-order valence-corrected chi connectivity index (χ2v) is 8.19. The highest BCUT2D eigenvalue weighted by molar-refractivity contribution is 7.98. The Hall–Kier alpha value is -2.47. The summed E-state index contributed by atoms with van der Waals surface area (Å²) >= 11 is 13.5. The number of rotatable bonds is 5. The normalized spacial score (nSPS) is 10.8. The molecular weight excluding hydrogens is 418 g/mol. The number of aromatic nitrogens is 3. The Morgan fingerprint density at radius 3 is 2.34 bits per heavy atom. The molecule has 0 amide bonds. The first-order valence-electron chi connectivity index (χ1n) is 9.06. The highest BCUT2D eigenvalue weighted by Gasteiger charge is 2.13. The van der Waals surface area contributed by atoms with E-state index in [9.17, 15) is 0 Å². The second kappa shape index (κ2) is 8.91. The molecule has 0 spiro atoms. The third-order valence-corrected chi connectivity index (χ3v) is 5.88. The third kappa shape index (κ3) is 4.58. The van der Waals surface area contributed by atoms with Crippen LogP contribution in [0.5, 0.6) is 0 Å². The fraction of sp³-hybridized carbons (Fsp3) is 0.0870. The fourth-order valence-electron chi connectivity index (χ4n) is 3.06. The number of hydrogen-bond acceptors (Lipinski definition) is 4. The molecule has 0 aliphatic rings. The Bertz CT molecular complexity index is 1170. The minimum atomic E-state index is 0.524. The molecule has 4 aromatic rings. The van der Waals surface area contributed by atoms with E-state index < -0.39 is 0 Å². The molecule has 0 radical (unpaired) electrons. The van der Waals surface area contributed by atoms with Crippen LogP contribution in [0.3, 0.4) is 0 Å². The lowest BCUT2D eigenvalue weighted by Crippen LogP contribution is -2.09. The summed E-state index contributed by atoms with van der Waals surface area (Å²) in [5.41, 5.74) is 4.85. The summed E-state index contributed by atoms with van der Waals surface area (Å²) in [6.07, 6.45) is 3.85. The first kappa shape index (κ1) is 19.8. The van der Waals surface area contributed by atoms with Gasteiger partial charge in [0.25, 0.3) is 0 Å². The molecule has 0 aliphatic carbocycles. The SMILES string of the molecule is CSc1ccc(-c2nn(Cc3ccccn3)c(=S)cc2-c2ccc(Cl)cc2)cc1. The van der Waals surface area contributed by atoms with Crippen molar-refractivity contribution in [2.45, 2.75) is 11.4 Å². The largest absolute Gasteiger partial charge is 0.259 e. The minimum absolute atomic E-state index is 0.524. The van der Waals surface area contributed by atoms with E-state index in [1.54, 1.807) is 18.0 Å². The van der Waals surface area contributed by atoms with Crippen LogP contribution in [0.1, 0.15) is 5.69 Å². The number of thioether (sulfide) groups is 1. The first-order chi connectivity index (χ1) is 14.1. The second-order valence-electron chi connectivity index (χ2n) is 6.46. The molecule has 0 atom stereocenters. The van der Waals surface area contributed by atoms with E-state index in [1.165, 1.54) is 4.90 Å². The Kier molecular flexibility index (Phi) is 6.09. The number of halogens is 1. The quantitative estimate of drug-likeness (QED) is 0.256. The molecule has 0 saturated carbocycles. The fourth-order valence-corrected chi connectivity index (χ4v) is 3.82. The van der Waals surface area contributed by atoms with Crippen molar-refractivity contribution in [1.82, 2.24) is 14.8 Å². The zero-order valence-electron chi connectivity index (χ0n) is 15.7. The first-order valence-corrected chi connectivity index (χ1v) is 11.1. The predicted molar refractivity (Wildman–Crippen MR) is 124 cm³/mol. The van der Waals surface area contributed by atoms with Gasteiger partial charge in [0, 0.05) is 27.2 Å². The molecule has 2 heterocycles. The average Bonchev–Trinajstić information content (AvgIpc) is 2.76. The van der Waals surface area contributed by atoms with Gasteiger partial charge >= 0.3 is 0 Å². The van der Waals surface area contributed by atoms with E-state index >= 15 is 0 Å². The molecule has 0 aliphatic heterocycles. The van der Waals surface area contributed by atoms with Gasteiger partial charge in [0.05, 0.1) is 17.9 Å². The summed E-state index contributed by atoms with van der Waals surface area (Å²) in [5.74, 6) is 0. The van der Waals surface area contributed by atoms with Gasteiger partial charge in [0.1, 0.15) is 4.64 Å². The van der Waals surface area contributed by atoms with Crippen LogP contribution in [0.4, 0.5) is 0 Å². The van der Waals surface area contributed by atoms with E-state index in [2.05, 4.69) is 35.5 Å². The molecule has 4 rings (SSSR count). The van der Waals surface area contributed by atoms with Crippen LogP contribution in [-0.4, -0.2) is 21.0 Å². The van der Waals surface area contributed by atoms with Gasteiger partial charge in [-0.3, -0.25) is 4.98 Å². The van der Waals surface area contributed by atoms with Crippen molar-refractivity contribution in [2.75, 3.05) is 6.26 Å². The van der Waals surface area contributed by atoms with Crippen molar-refractivity contribution < 1.29 is 0 Å². The van der Waals surface area contributed by atoms with Crippen LogP contribution in [0.25, 0.3) is 22.4 Å². The van der Waals surface area contributed by atoms with Gasteiger partial charge < -0.3 is 0 Å². The minimum Gasteiger partial charge on any atom is -0.259 e. The van der Waals surface area contributed by atoms with Crippen molar-refractivity contribution in [1.29, 1.82) is 0 Å². The van der Waals surface area contributed by atoms with E-state index in [4.69, 9.17) is 28.9 Å². The van der Waals surface area contributed by atoms with Crippen molar-refractivity contribution in [3.05, 3.63) is 94.4 Å². The maximum absolute atomic E-state index is 6.09. The molecule has 0 bridgehead atoms. The Morgan fingerprint density at radius 2 is 1.69 bits per heavy atom. The van der Waals surface area contributed by atoms with Crippen LogP contribution in [0.15, 0.2) is 83.9 Å². The van der Waals surface area contributed by atoms with Gasteiger partial charge in [-0.2, -0.15) is 5.10 Å². The van der Waals surface area contributed by atoms with Gasteiger partial charge in [-0.05, 0) is 54.3 Å². The lowest BCUT2D eigenvalue weighted by molar-refractivity contribution is 0.647. The molecule has 0 N–H and O–H groups in total. The summed E-state index contributed by atoms with van der Waals surface area (Å²) in [7, 11) is 0. The Labute approximate surface area is 184 Å². The van der Waals surface area contributed by atoms with Crippen molar-refractivity contribution >= 4 is 35.6 Å². The average molecular weight is 436 g/mol. The standard InChI is InChI=1S/C23H18ClN3S2/c1-29-20-11-7-17(8-12-20)23-21(16-5-9-18(24)10-6-16)14-22(28)27(26-23)15-19-4-2-3-13-25-19/h2-14H,15H2,1H3. The predicted octanol–water partition coefficient (Wildman–Crippen LogP) is 6.77. The number of benzene rings is 2. The molecule has 0 fully saturated rings. The van der Waals surface area contributed by atoms with Crippen LogP contribution in [0, 0.1) is 4.64 Å². The van der Waals surface area contributed by atoms with E-state index in [-0.39, 0.29) is 0 Å². The van der Waals surface area contributed by atoms with Crippen LogP contribution in [0.2, 0.25) is 5.02 Å². The molecule has 144 valence electrons. The lowest BCUT2D eigenvalue weighted by Gasteiger charge is -2.14. The van der Waals surface area contributed by atoms with E-state index in [1.807, 2.05) is 53.2 Å². The van der Waals surface area contributed by atoms with Gasteiger partial charge in [-0.25, -0.2) is 4.68 Å². The van der Waals surface area contributed by atoms with Gasteiger partial charge in [0.15, 0.2) is 0 Å². The highest BCUT2D eigenvalue weighted by atomic mass is 35.5. The van der Waals surface area contributed by atoms with Crippen LogP contribution >= 0.6 is 35.6 Å². The Morgan fingerprint density at radius 1 is 0.966 bits per heavy atom. The number of pyridine rings is 1. The molecule has 2 aromatic heterocycles. The molecule has 29 heavy (non-hydrogen) atoms. The molecular formula is C23H18ClN3S2. The van der Waals surface area contributed by atoms with Gasteiger partial charge in [0.2, 0.25) is 0 Å². The van der Waals surface area contributed by atoms with Gasteiger partial charge in [-0.1, -0.05) is 54.2 Å². The van der Waals surface area contributed by atoms with E-state index in [0.29, 0.717) is 16.2 Å². The monoisotopic (exact) mass is 435 g/mol. The molecule has 0 unspecified atom stereocenters. The molecule has 0 saturated heterocycles. The summed E-state index contributed by atoms with van der Waals surface area (Å²) < 4.78 is 2.49. The smallest absolute Gasteiger partial charge is 0.123 e. The number of nitrogens with zero attached hydrogens (tertiary/aromatic N) is 3. The number of hydrogen-bond donors (Lipinski definition) is 0. The van der Waals surface area contributed by atoms with Gasteiger partial charge in [-0.15, -0.1) is 11.8 Å². The highest BCUT2D eigenvalue weighted by Crippen LogP contribution is 2.32. The van der Waals surface area contributed by atoms with E-state index in [0.717, 1.165) is 28.1 Å². The molecule has 3 nitrogen and oxygen atoms in total. The van der Waals surface area contributed by atoms with Crippen molar-refractivity contribution in [3.63, 3.8) is 0 Å². The zero-order chi connectivity index (χ0) is 20.2. The van der Waals surface area contributed by atoms with Crippen LogP contribution < -0.4 is 0 Å². The topological polar surface area (TPSA) is 30.7 Å². The molecule has 6 heteroatoms. The Balaban J connectivity index is 1.86. The summed E-state index contributed by atoms with van der Waals surface area (Å²) in [6.45, 7) is 0.524. The lowest BCUT2D eigenvalue weighted by atomic mass is 10.0.